The summed E-state index contributed by atoms with van der Waals surface area (Å²) >= 11 is 0. The molecule has 3 nitrogen and oxygen atoms in total. The van der Waals surface area contributed by atoms with Crippen molar-refractivity contribution in [1.29, 1.82) is 0 Å². The summed E-state index contributed by atoms with van der Waals surface area (Å²) in [5.74, 6) is -0.642. The Kier molecular flexibility index (Phi) is 3.47. The summed E-state index contributed by atoms with van der Waals surface area (Å²) in [5.41, 5.74) is 2.81. The Morgan fingerprint density at radius 1 is 1.29 bits per heavy atom. The number of amides is 1. The number of hydrogen-bond acceptors (Lipinski definition) is 2. The molecule has 108 valence electrons. The number of halogens is 1. The zero-order valence-corrected chi connectivity index (χ0v) is 11.6. The molecule has 2 atom stereocenters. The number of benzene rings is 2. The van der Waals surface area contributed by atoms with E-state index in [1.165, 1.54) is 18.2 Å². The minimum absolute atomic E-state index is 0.307. The smallest absolute Gasteiger partial charge is 0.251 e. The minimum atomic E-state index is -0.632. The second-order valence-corrected chi connectivity index (χ2v) is 5.39. The van der Waals surface area contributed by atoms with E-state index < -0.39 is 12.1 Å². The standard InChI is InChI=1S/C17H16FNO2/c1-10-8-12(6-7-14(10)18)17(21)19-16-13-5-3-2-4-11(13)9-15(16)20/h2-8,15-16,20H,9H2,1H3,(H,19,21)/t15-,16+/m1/s1. The van der Waals surface area contributed by atoms with Crippen molar-refractivity contribution in [3.63, 3.8) is 0 Å². The van der Waals surface area contributed by atoms with Gasteiger partial charge in [-0.15, -0.1) is 0 Å². The Morgan fingerprint density at radius 3 is 2.81 bits per heavy atom. The van der Waals surface area contributed by atoms with Crippen LogP contribution in [-0.4, -0.2) is 17.1 Å². The van der Waals surface area contributed by atoms with Crippen molar-refractivity contribution in [2.75, 3.05) is 0 Å². The van der Waals surface area contributed by atoms with Crippen LogP contribution in [0.2, 0.25) is 0 Å². The molecular formula is C17H16FNO2. The molecule has 1 aliphatic carbocycles. The number of rotatable bonds is 2. The lowest BCUT2D eigenvalue weighted by Crippen LogP contribution is -2.33. The predicted molar refractivity (Wildman–Crippen MR) is 77.5 cm³/mol. The lowest BCUT2D eigenvalue weighted by molar-refractivity contribution is 0.0858. The van der Waals surface area contributed by atoms with Gasteiger partial charge in [0.15, 0.2) is 0 Å². The maximum Gasteiger partial charge on any atom is 0.251 e. The van der Waals surface area contributed by atoms with Crippen LogP contribution in [-0.2, 0) is 6.42 Å². The van der Waals surface area contributed by atoms with Gasteiger partial charge >= 0.3 is 0 Å². The molecule has 0 aromatic heterocycles. The van der Waals surface area contributed by atoms with Crippen molar-refractivity contribution in [2.45, 2.75) is 25.5 Å². The first kappa shape index (κ1) is 13.8. The number of aliphatic hydroxyl groups is 1. The van der Waals surface area contributed by atoms with Crippen molar-refractivity contribution in [2.24, 2.45) is 0 Å². The average molecular weight is 285 g/mol. The number of nitrogens with one attached hydrogen (secondary N) is 1. The highest BCUT2D eigenvalue weighted by Crippen LogP contribution is 2.31. The van der Waals surface area contributed by atoms with Crippen LogP contribution < -0.4 is 5.32 Å². The summed E-state index contributed by atoms with van der Waals surface area (Å²) < 4.78 is 13.3. The van der Waals surface area contributed by atoms with Gasteiger partial charge in [0.25, 0.3) is 5.91 Å². The van der Waals surface area contributed by atoms with Gasteiger partial charge in [-0.1, -0.05) is 24.3 Å². The number of aliphatic hydroxyl groups excluding tert-OH is 1. The van der Waals surface area contributed by atoms with E-state index >= 15 is 0 Å². The van der Waals surface area contributed by atoms with Crippen LogP contribution in [0.1, 0.15) is 33.1 Å². The Hall–Kier alpha value is -2.20. The van der Waals surface area contributed by atoms with E-state index in [0.29, 0.717) is 17.5 Å². The second kappa shape index (κ2) is 5.30. The molecular weight excluding hydrogens is 269 g/mol. The van der Waals surface area contributed by atoms with E-state index in [1.807, 2.05) is 24.3 Å². The summed E-state index contributed by atoms with van der Waals surface area (Å²) in [4.78, 5) is 12.3. The van der Waals surface area contributed by atoms with E-state index in [9.17, 15) is 14.3 Å². The van der Waals surface area contributed by atoms with E-state index in [4.69, 9.17) is 0 Å². The summed E-state index contributed by atoms with van der Waals surface area (Å²) in [6.07, 6.45) is -0.100. The molecule has 3 rings (SSSR count). The number of hydrogen-bond donors (Lipinski definition) is 2. The van der Waals surface area contributed by atoms with Crippen LogP contribution in [0.5, 0.6) is 0 Å². The number of aryl methyl sites for hydroxylation is 1. The Labute approximate surface area is 122 Å². The summed E-state index contributed by atoms with van der Waals surface area (Å²) in [5, 5.41) is 13.0. The molecule has 0 aliphatic heterocycles. The molecule has 4 heteroatoms. The third kappa shape index (κ3) is 2.54. The molecule has 1 amide bonds. The SMILES string of the molecule is Cc1cc(C(=O)N[C@H]2c3ccccc3C[C@H]2O)ccc1F. The van der Waals surface area contributed by atoms with Crippen LogP contribution in [0.3, 0.4) is 0 Å². The fourth-order valence-electron chi connectivity index (χ4n) is 2.76. The van der Waals surface area contributed by atoms with Gasteiger partial charge in [-0.05, 0) is 41.8 Å². The van der Waals surface area contributed by atoms with E-state index in [1.54, 1.807) is 6.92 Å². The third-order valence-electron chi connectivity index (χ3n) is 3.91. The van der Waals surface area contributed by atoms with Gasteiger partial charge in [-0.2, -0.15) is 0 Å². The zero-order chi connectivity index (χ0) is 15.0. The van der Waals surface area contributed by atoms with Crippen molar-refractivity contribution < 1.29 is 14.3 Å². The Morgan fingerprint density at radius 2 is 2.05 bits per heavy atom. The molecule has 0 fully saturated rings. The van der Waals surface area contributed by atoms with Gasteiger partial charge in [0.2, 0.25) is 0 Å². The van der Waals surface area contributed by atoms with Gasteiger partial charge in [-0.3, -0.25) is 4.79 Å². The van der Waals surface area contributed by atoms with Crippen LogP contribution in [0.4, 0.5) is 4.39 Å². The van der Waals surface area contributed by atoms with E-state index in [0.717, 1.165) is 11.1 Å². The van der Waals surface area contributed by atoms with Gasteiger partial charge in [0.1, 0.15) is 5.82 Å². The predicted octanol–water partition coefficient (Wildman–Crippen LogP) is 2.52. The topological polar surface area (TPSA) is 49.3 Å². The first-order valence-electron chi connectivity index (χ1n) is 6.89. The Balaban J connectivity index is 1.83. The minimum Gasteiger partial charge on any atom is -0.390 e. The molecule has 0 saturated heterocycles. The lowest BCUT2D eigenvalue weighted by Gasteiger charge is -2.18. The van der Waals surface area contributed by atoms with Crippen LogP contribution in [0, 0.1) is 12.7 Å². The van der Waals surface area contributed by atoms with Crippen LogP contribution in [0.25, 0.3) is 0 Å². The summed E-state index contributed by atoms with van der Waals surface area (Å²) in [6.45, 7) is 1.62. The van der Waals surface area contributed by atoms with Crippen molar-refractivity contribution >= 4 is 5.91 Å². The molecule has 0 spiro atoms. The van der Waals surface area contributed by atoms with Crippen LogP contribution in [0.15, 0.2) is 42.5 Å². The molecule has 0 bridgehead atoms. The molecule has 0 saturated carbocycles. The average Bonchev–Trinajstić information content (AvgIpc) is 2.78. The molecule has 2 aromatic rings. The monoisotopic (exact) mass is 285 g/mol. The molecule has 2 N–H and O–H groups in total. The number of carbonyl (C=O) groups is 1. The summed E-state index contributed by atoms with van der Waals surface area (Å²) in [7, 11) is 0. The van der Waals surface area contributed by atoms with Gasteiger partial charge in [-0.25, -0.2) is 4.39 Å². The highest BCUT2D eigenvalue weighted by molar-refractivity contribution is 5.94. The second-order valence-electron chi connectivity index (χ2n) is 5.39. The largest absolute Gasteiger partial charge is 0.390 e. The van der Waals surface area contributed by atoms with Gasteiger partial charge in [0, 0.05) is 12.0 Å². The fraction of sp³-hybridized carbons (Fsp3) is 0.235. The number of carbonyl (C=O) groups excluding carboxylic acids is 1. The molecule has 1 aliphatic rings. The number of fused-ring (bicyclic) bond motifs is 1. The van der Waals surface area contributed by atoms with Crippen molar-refractivity contribution in [3.05, 3.63) is 70.5 Å². The van der Waals surface area contributed by atoms with Crippen molar-refractivity contribution in [3.8, 4) is 0 Å². The van der Waals surface area contributed by atoms with E-state index in [2.05, 4.69) is 5.32 Å². The Bertz CT molecular complexity index is 699. The molecule has 21 heavy (non-hydrogen) atoms. The molecule has 0 radical (unpaired) electrons. The van der Waals surface area contributed by atoms with Crippen LogP contribution >= 0.6 is 0 Å². The van der Waals surface area contributed by atoms with Crippen molar-refractivity contribution in [1.82, 2.24) is 5.32 Å². The molecule has 0 heterocycles. The normalized spacial score (nSPS) is 20.1. The molecule has 2 aromatic carbocycles. The maximum absolute atomic E-state index is 13.3. The van der Waals surface area contributed by atoms with Gasteiger partial charge in [0.05, 0.1) is 12.1 Å². The quantitative estimate of drug-likeness (QED) is 0.890. The first-order valence-corrected chi connectivity index (χ1v) is 6.89. The lowest BCUT2D eigenvalue weighted by atomic mass is 10.1. The zero-order valence-electron chi connectivity index (χ0n) is 11.6. The summed E-state index contributed by atoms with van der Waals surface area (Å²) in [6, 6.07) is 11.5. The highest BCUT2D eigenvalue weighted by atomic mass is 19.1. The molecule has 0 unspecified atom stereocenters. The van der Waals surface area contributed by atoms with Gasteiger partial charge < -0.3 is 10.4 Å². The fourth-order valence-corrected chi connectivity index (χ4v) is 2.76. The van der Waals surface area contributed by atoms with E-state index in [-0.39, 0.29) is 11.7 Å². The maximum atomic E-state index is 13.3. The third-order valence-corrected chi connectivity index (χ3v) is 3.91. The highest BCUT2D eigenvalue weighted by Gasteiger charge is 2.32. The first-order chi connectivity index (χ1) is 10.1.